The predicted molar refractivity (Wildman–Crippen MR) is 146 cm³/mol. The normalized spacial score (nSPS) is 45.6. The van der Waals surface area contributed by atoms with E-state index in [1.807, 2.05) is 4.72 Å². The maximum Gasteiger partial charge on any atom is 0.329 e. The first-order chi connectivity index (χ1) is 17.7. The lowest BCUT2D eigenvalue weighted by atomic mass is 9.41. The van der Waals surface area contributed by atoms with Crippen LogP contribution in [0.4, 0.5) is 4.79 Å². The molecule has 0 spiro atoms. The Hall–Kier alpha value is -0.940. The molecule has 0 aliphatic heterocycles. The highest BCUT2D eigenvalue weighted by atomic mass is 32.2. The number of hydrogen-bond donors (Lipinski definition) is 5. The quantitative estimate of drug-likeness (QED) is 0.326. The highest BCUT2D eigenvalue weighted by Crippen LogP contribution is 2.69. The summed E-state index contributed by atoms with van der Waals surface area (Å²) in [6.45, 7) is 9.27. The SMILES string of the molecule is CC[C@H]1[C@@H](O)[C@@H]2[C@H](C[C@@H](O)[C@]3(C)[C@@H]([C@H](C)CCNC(=O)NS(=O)(=O)N(C)C)CC[C@@H]23)[C@@]2(C)CC[C@@H](O)C[C@@H]12. The van der Waals surface area contributed by atoms with Gasteiger partial charge in [0.25, 0.3) is 0 Å². The second-order valence-electron chi connectivity index (χ2n) is 13.6. The number of aliphatic hydroxyl groups is 3. The Kier molecular flexibility index (Phi) is 8.54. The van der Waals surface area contributed by atoms with Crippen LogP contribution in [-0.2, 0) is 10.2 Å². The minimum absolute atomic E-state index is 0.0278. The second kappa shape index (κ2) is 10.8. The van der Waals surface area contributed by atoms with Crippen LogP contribution in [-0.4, -0.2) is 73.0 Å². The van der Waals surface area contributed by atoms with Crippen LogP contribution in [0.1, 0.15) is 79.1 Å². The first-order valence-electron chi connectivity index (χ1n) is 14.7. The molecule has 0 aromatic heterocycles. The lowest BCUT2D eigenvalue weighted by Crippen LogP contribution is -2.65. The molecule has 5 N–H and O–H groups in total. The van der Waals surface area contributed by atoms with E-state index in [1.54, 1.807) is 0 Å². The Morgan fingerprint density at radius 1 is 1.05 bits per heavy atom. The van der Waals surface area contributed by atoms with Crippen LogP contribution in [0.25, 0.3) is 0 Å². The average Bonchev–Trinajstić information content (AvgIpc) is 3.19. The fourth-order valence-electron chi connectivity index (χ4n) is 9.75. The first-order valence-corrected chi connectivity index (χ1v) is 16.1. The number of nitrogens with zero attached hydrogens (tertiary/aromatic N) is 1. The van der Waals surface area contributed by atoms with Gasteiger partial charge in [0.1, 0.15) is 0 Å². The minimum atomic E-state index is -3.84. The van der Waals surface area contributed by atoms with Gasteiger partial charge in [0.05, 0.1) is 18.3 Å². The second-order valence-corrected chi connectivity index (χ2v) is 15.5. The van der Waals surface area contributed by atoms with E-state index in [2.05, 4.69) is 33.0 Å². The van der Waals surface area contributed by atoms with Gasteiger partial charge in [-0.05, 0) is 97.2 Å². The summed E-state index contributed by atoms with van der Waals surface area (Å²) in [4.78, 5) is 12.1. The van der Waals surface area contributed by atoms with Crippen LogP contribution >= 0.6 is 0 Å². The average molecular weight is 558 g/mol. The molecule has 0 saturated heterocycles. The summed E-state index contributed by atoms with van der Waals surface area (Å²) in [5, 5.41) is 36.8. The van der Waals surface area contributed by atoms with Crippen molar-refractivity contribution in [3.8, 4) is 0 Å². The van der Waals surface area contributed by atoms with Crippen molar-refractivity contribution in [3.63, 3.8) is 0 Å². The van der Waals surface area contributed by atoms with Crippen LogP contribution in [0.5, 0.6) is 0 Å². The number of rotatable bonds is 7. The molecule has 0 heterocycles. The van der Waals surface area contributed by atoms with Crippen molar-refractivity contribution in [3.05, 3.63) is 0 Å². The zero-order valence-corrected chi connectivity index (χ0v) is 24.9. The van der Waals surface area contributed by atoms with E-state index in [-0.39, 0.29) is 58.4 Å². The summed E-state index contributed by atoms with van der Waals surface area (Å²) < 4.78 is 26.7. The third-order valence-corrected chi connectivity index (χ3v) is 13.2. The third-order valence-electron chi connectivity index (χ3n) is 11.8. The smallest absolute Gasteiger partial charge is 0.329 e. The number of amides is 2. The Labute approximate surface area is 229 Å². The van der Waals surface area contributed by atoms with Crippen molar-refractivity contribution in [2.24, 2.45) is 52.3 Å². The van der Waals surface area contributed by atoms with E-state index in [0.29, 0.717) is 19.4 Å². The first kappa shape index (κ1) is 30.0. The highest BCUT2D eigenvalue weighted by molar-refractivity contribution is 7.87. The van der Waals surface area contributed by atoms with E-state index >= 15 is 0 Å². The fraction of sp³-hybridized carbons (Fsp3) is 0.964. The molecule has 4 aliphatic carbocycles. The van der Waals surface area contributed by atoms with Gasteiger partial charge >= 0.3 is 16.2 Å². The molecule has 0 radical (unpaired) electrons. The molecule has 4 rings (SSSR count). The molecule has 2 amide bonds. The molecule has 220 valence electrons. The van der Waals surface area contributed by atoms with Crippen LogP contribution in [0.2, 0.25) is 0 Å². The summed E-state index contributed by atoms with van der Waals surface area (Å²) in [6.07, 6.45) is 5.59. The van der Waals surface area contributed by atoms with Gasteiger partial charge in [0.15, 0.2) is 0 Å². The number of carbonyl (C=O) groups is 1. The van der Waals surface area contributed by atoms with Crippen LogP contribution in [0.15, 0.2) is 0 Å². The van der Waals surface area contributed by atoms with Crippen LogP contribution in [0, 0.1) is 52.3 Å². The fourth-order valence-corrected chi connectivity index (χ4v) is 10.2. The number of aliphatic hydroxyl groups excluding tert-OH is 3. The molecule has 38 heavy (non-hydrogen) atoms. The highest BCUT2D eigenvalue weighted by Gasteiger charge is 2.67. The summed E-state index contributed by atoms with van der Waals surface area (Å²) in [7, 11) is -1.12. The molecule has 4 fully saturated rings. The van der Waals surface area contributed by atoms with Crippen molar-refractivity contribution in [1.82, 2.24) is 14.3 Å². The van der Waals surface area contributed by atoms with Gasteiger partial charge in [-0.1, -0.05) is 34.1 Å². The van der Waals surface area contributed by atoms with Gasteiger partial charge in [-0.3, -0.25) is 0 Å². The molecular formula is C28H51N3O6S. The van der Waals surface area contributed by atoms with Gasteiger partial charge in [-0.2, -0.15) is 12.7 Å². The molecule has 4 saturated carbocycles. The monoisotopic (exact) mass is 557 g/mol. The number of hydrogen-bond acceptors (Lipinski definition) is 6. The third kappa shape index (κ3) is 4.91. The Bertz CT molecular complexity index is 978. The molecule has 9 nitrogen and oxygen atoms in total. The van der Waals surface area contributed by atoms with Crippen molar-refractivity contribution in [1.29, 1.82) is 0 Å². The van der Waals surface area contributed by atoms with Gasteiger partial charge in [-0.25, -0.2) is 9.52 Å². The van der Waals surface area contributed by atoms with E-state index in [0.717, 1.165) is 42.8 Å². The van der Waals surface area contributed by atoms with Crippen molar-refractivity contribution < 1.29 is 28.5 Å². The Morgan fingerprint density at radius 2 is 1.74 bits per heavy atom. The molecular weight excluding hydrogens is 506 g/mol. The van der Waals surface area contributed by atoms with Crippen LogP contribution in [0.3, 0.4) is 0 Å². The van der Waals surface area contributed by atoms with Gasteiger partial charge in [0, 0.05) is 20.6 Å². The zero-order valence-electron chi connectivity index (χ0n) is 24.1. The maximum absolute atomic E-state index is 12.1. The van der Waals surface area contributed by atoms with Crippen molar-refractivity contribution in [2.45, 2.75) is 97.4 Å². The minimum Gasteiger partial charge on any atom is -0.393 e. The van der Waals surface area contributed by atoms with E-state index in [1.165, 1.54) is 14.1 Å². The number of carbonyl (C=O) groups excluding carboxylic acids is 1. The molecule has 10 heteroatoms. The van der Waals surface area contributed by atoms with Crippen molar-refractivity contribution in [2.75, 3.05) is 20.6 Å². The summed E-state index contributed by atoms with van der Waals surface area (Å²) in [6, 6.07) is -0.738. The largest absolute Gasteiger partial charge is 0.393 e. The molecule has 0 aromatic rings. The number of fused-ring (bicyclic) bond motifs is 5. The molecule has 0 unspecified atom stereocenters. The molecule has 4 aliphatic rings. The zero-order chi connectivity index (χ0) is 28.2. The predicted octanol–water partition coefficient (Wildman–Crippen LogP) is 2.72. The topological polar surface area (TPSA) is 139 Å². The Balaban J connectivity index is 1.48. The van der Waals surface area contributed by atoms with Crippen LogP contribution < -0.4 is 10.0 Å². The van der Waals surface area contributed by atoms with E-state index in [4.69, 9.17) is 0 Å². The molecule has 12 atom stereocenters. The lowest BCUT2D eigenvalue weighted by molar-refractivity contribution is -0.228. The Morgan fingerprint density at radius 3 is 2.37 bits per heavy atom. The van der Waals surface area contributed by atoms with E-state index < -0.39 is 28.4 Å². The summed E-state index contributed by atoms with van der Waals surface area (Å²) >= 11 is 0. The lowest BCUT2D eigenvalue weighted by Gasteiger charge is -2.65. The molecule has 0 bridgehead atoms. The van der Waals surface area contributed by atoms with Gasteiger partial charge < -0.3 is 20.6 Å². The standard InChI is InChI=1S/C28H51N3O6S/c1-7-18-21-14-17(32)10-12-27(21,3)22-15-23(33)28(4)19(8-9-20(28)24(22)25(18)34)16(2)11-13-29-26(35)30-38(36,37)31(5)6/h16-25,32-34H,7-15H2,1-6H3,(H2,29,30,35)/t16-,17-,18-,19-,20+,21+,22+,23-,24+,25-,27+,28-/m1/s1. The van der Waals surface area contributed by atoms with E-state index in [9.17, 15) is 28.5 Å². The summed E-state index contributed by atoms with van der Waals surface area (Å²) in [5.74, 6) is 1.58. The maximum atomic E-state index is 12.1. The van der Waals surface area contributed by atoms with Gasteiger partial charge in [0.2, 0.25) is 0 Å². The summed E-state index contributed by atoms with van der Waals surface area (Å²) in [5.41, 5.74) is -0.284. The van der Waals surface area contributed by atoms with Gasteiger partial charge in [-0.15, -0.1) is 0 Å². The number of urea groups is 1. The van der Waals surface area contributed by atoms with Crippen molar-refractivity contribution >= 4 is 16.2 Å². The number of nitrogens with one attached hydrogen (secondary N) is 2. The molecule has 0 aromatic carbocycles.